The Kier molecular flexibility index (Phi) is 3.87. The molecule has 0 atom stereocenters. The first-order valence-electron chi connectivity index (χ1n) is 5.47. The van der Waals surface area contributed by atoms with E-state index < -0.39 is 7.12 Å². The minimum atomic E-state index is -1.46. The van der Waals surface area contributed by atoms with Crippen LogP contribution >= 0.6 is 0 Å². The van der Waals surface area contributed by atoms with Crippen LogP contribution in [0.15, 0.2) is 48.5 Å². The fourth-order valence-electron chi connectivity index (χ4n) is 1.49. The second kappa shape index (κ2) is 5.57. The number of hydrogen-bond donors (Lipinski definition) is 2. The van der Waals surface area contributed by atoms with E-state index in [2.05, 4.69) is 0 Å². The summed E-state index contributed by atoms with van der Waals surface area (Å²) >= 11 is 0. The van der Waals surface area contributed by atoms with Crippen molar-refractivity contribution in [3.8, 4) is 17.2 Å². The summed E-state index contributed by atoms with van der Waals surface area (Å²) < 4.78 is 10.6. The second-order valence-corrected chi connectivity index (χ2v) is 3.72. The highest BCUT2D eigenvalue weighted by atomic mass is 16.5. The highest BCUT2D eigenvalue weighted by Gasteiger charge is 2.10. The SMILES string of the molecule is COc1ccc(Oc2ccc(B(O)O)cc2)cc1. The van der Waals surface area contributed by atoms with Crippen molar-refractivity contribution in [1.82, 2.24) is 0 Å². The smallest absolute Gasteiger partial charge is 0.488 e. The lowest BCUT2D eigenvalue weighted by molar-refractivity contribution is 0.413. The van der Waals surface area contributed by atoms with Gasteiger partial charge in [0.25, 0.3) is 0 Å². The average molecular weight is 244 g/mol. The molecule has 5 heteroatoms. The molecule has 2 N–H and O–H groups in total. The van der Waals surface area contributed by atoms with Gasteiger partial charge >= 0.3 is 7.12 Å². The zero-order chi connectivity index (χ0) is 13.0. The summed E-state index contributed by atoms with van der Waals surface area (Å²) in [6.07, 6.45) is 0. The molecule has 0 aliphatic rings. The minimum absolute atomic E-state index is 0.428. The summed E-state index contributed by atoms with van der Waals surface area (Å²) in [6, 6.07) is 13.8. The van der Waals surface area contributed by atoms with E-state index in [1.165, 1.54) is 0 Å². The molecule has 0 heterocycles. The van der Waals surface area contributed by atoms with Gasteiger partial charge in [-0.3, -0.25) is 0 Å². The third-order valence-electron chi connectivity index (χ3n) is 2.47. The standard InChI is InChI=1S/C13H13BO4/c1-17-11-6-8-13(9-7-11)18-12-4-2-10(3-5-12)14(15)16/h2-9,15-16H,1H3. The topological polar surface area (TPSA) is 58.9 Å². The zero-order valence-electron chi connectivity index (χ0n) is 9.91. The molecule has 0 spiro atoms. The van der Waals surface area contributed by atoms with Crippen LogP contribution < -0.4 is 14.9 Å². The van der Waals surface area contributed by atoms with Crippen molar-refractivity contribution in [3.05, 3.63) is 48.5 Å². The number of rotatable bonds is 4. The Morgan fingerprint density at radius 2 is 1.22 bits per heavy atom. The van der Waals surface area contributed by atoms with Crippen LogP contribution in [0.5, 0.6) is 17.2 Å². The number of hydrogen-bond acceptors (Lipinski definition) is 4. The van der Waals surface area contributed by atoms with Gasteiger partial charge in [-0.25, -0.2) is 0 Å². The molecule has 0 bridgehead atoms. The Morgan fingerprint density at radius 1 is 0.778 bits per heavy atom. The molecular weight excluding hydrogens is 231 g/mol. The van der Waals surface area contributed by atoms with E-state index in [4.69, 9.17) is 19.5 Å². The quantitative estimate of drug-likeness (QED) is 0.792. The lowest BCUT2D eigenvalue weighted by Crippen LogP contribution is -2.29. The van der Waals surface area contributed by atoms with E-state index in [0.717, 1.165) is 5.75 Å². The zero-order valence-corrected chi connectivity index (χ0v) is 9.91. The van der Waals surface area contributed by atoms with Crippen LogP contribution in [0, 0.1) is 0 Å². The first-order valence-corrected chi connectivity index (χ1v) is 5.47. The van der Waals surface area contributed by atoms with Crippen molar-refractivity contribution in [2.75, 3.05) is 7.11 Å². The van der Waals surface area contributed by atoms with Crippen LogP contribution in [0.1, 0.15) is 0 Å². The normalized spacial score (nSPS) is 9.94. The highest BCUT2D eigenvalue weighted by molar-refractivity contribution is 6.58. The molecule has 0 saturated heterocycles. The van der Waals surface area contributed by atoms with Gasteiger partial charge in [0.15, 0.2) is 0 Å². The molecule has 2 rings (SSSR count). The first-order chi connectivity index (χ1) is 8.69. The van der Waals surface area contributed by atoms with Crippen molar-refractivity contribution in [1.29, 1.82) is 0 Å². The molecule has 0 radical (unpaired) electrons. The lowest BCUT2D eigenvalue weighted by atomic mass is 9.80. The summed E-state index contributed by atoms with van der Waals surface area (Å²) in [5.41, 5.74) is 0.428. The van der Waals surface area contributed by atoms with Crippen LogP contribution in [-0.2, 0) is 0 Å². The molecular formula is C13H13BO4. The average Bonchev–Trinajstić information content (AvgIpc) is 2.40. The van der Waals surface area contributed by atoms with Gasteiger partial charge in [-0.05, 0) is 41.9 Å². The predicted molar refractivity (Wildman–Crippen MR) is 69.3 cm³/mol. The van der Waals surface area contributed by atoms with E-state index >= 15 is 0 Å². The number of ether oxygens (including phenoxy) is 2. The van der Waals surface area contributed by atoms with E-state index in [1.807, 2.05) is 0 Å². The fourth-order valence-corrected chi connectivity index (χ4v) is 1.49. The van der Waals surface area contributed by atoms with Gasteiger partial charge in [-0.1, -0.05) is 12.1 Å². The van der Waals surface area contributed by atoms with Gasteiger partial charge < -0.3 is 19.5 Å². The fraction of sp³-hybridized carbons (Fsp3) is 0.0769. The van der Waals surface area contributed by atoms with Crippen LogP contribution in [0.25, 0.3) is 0 Å². The summed E-state index contributed by atoms with van der Waals surface area (Å²) in [6.45, 7) is 0. The van der Waals surface area contributed by atoms with E-state index in [-0.39, 0.29) is 0 Å². The molecule has 0 aliphatic carbocycles. The number of benzene rings is 2. The molecule has 0 unspecified atom stereocenters. The molecule has 0 fully saturated rings. The minimum Gasteiger partial charge on any atom is -0.497 e. The maximum absolute atomic E-state index is 8.96. The maximum atomic E-state index is 8.96. The van der Waals surface area contributed by atoms with Crippen LogP contribution in [0.2, 0.25) is 0 Å². The molecule has 0 saturated carbocycles. The summed E-state index contributed by atoms with van der Waals surface area (Å²) in [7, 11) is 0.148. The number of methoxy groups -OCH3 is 1. The maximum Gasteiger partial charge on any atom is 0.488 e. The Bertz CT molecular complexity index is 493. The van der Waals surface area contributed by atoms with Crippen LogP contribution in [0.3, 0.4) is 0 Å². The van der Waals surface area contributed by atoms with Crippen LogP contribution in [-0.4, -0.2) is 24.3 Å². The van der Waals surface area contributed by atoms with Gasteiger partial charge in [0.1, 0.15) is 17.2 Å². The van der Waals surface area contributed by atoms with Crippen molar-refractivity contribution in [2.24, 2.45) is 0 Å². The van der Waals surface area contributed by atoms with Gasteiger partial charge in [-0.2, -0.15) is 0 Å². The van der Waals surface area contributed by atoms with E-state index in [9.17, 15) is 0 Å². The van der Waals surface area contributed by atoms with Gasteiger partial charge in [-0.15, -0.1) is 0 Å². The predicted octanol–water partition coefficient (Wildman–Crippen LogP) is 1.17. The molecule has 2 aromatic carbocycles. The van der Waals surface area contributed by atoms with Crippen LogP contribution in [0.4, 0.5) is 0 Å². The van der Waals surface area contributed by atoms with Crippen molar-refractivity contribution < 1.29 is 19.5 Å². The molecule has 4 nitrogen and oxygen atoms in total. The lowest BCUT2D eigenvalue weighted by Gasteiger charge is -2.07. The highest BCUT2D eigenvalue weighted by Crippen LogP contribution is 2.22. The molecule has 92 valence electrons. The van der Waals surface area contributed by atoms with E-state index in [0.29, 0.717) is 17.0 Å². The van der Waals surface area contributed by atoms with Crippen molar-refractivity contribution >= 4 is 12.6 Å². The Morgan fingerprint density at radius 3 is 1.67 bits per heavy atom. The monoisotopic (exact) mass is 244 g/mol. The molecule has 0 aliphatic heterocycles. The third kappa shape index (κ3) is 3.03. The summed E-state index contributed by atoms with van der Waals surface area (Å²) in [5, 5.41) is 17.9. The van der Waals surface area contributed by atoms with Crippen molar-refractivity contribution in [2.45, 2.75) is 0 Å². The summed E-state index contributed by atoms with van der Waals surface area (Å²) in [4.78, 5) is 0. The second-order valence-electron chi connectivity index (χ2n) is 3.72. The summed E-state index contributed by atoms with van der Waals surface area (Å²) in [5.74, 6) is 2.08. The van der Waals surface area contributed by atoms with E-state index in [1.54, 1.807) is 55.6 Å². The molecule has 0 amide bonds. The van der Waals surface area contributed by atoms with Gasteiger partial charge in [0.05, 0.1) is 7.11 Å². The van der Waals surface area contributed by atoms with Gasteiger partial charge in [0.2, 0.25) is 0 Å². The van der Waals surface area contributed by atoms with Gasteiger partial charge in [0, 0.05) is 0 Å². The Labute approximate surface area is 106 Å². The molecule has 2 aromatic rings. The van der Waals surface area contributed by atoms with Crippen molar-refractivity contribution in [3.63, 3.8) is 0 Å². The third-order valence-corrected chi connectivity index (χ3v) is 2.47. The molecule has 0 aromatic heterocycles. The largest absolute Gasteiger partial charge is 0.497 e. The molecule has 18 heavy (non-hydrogen) atoms. The first kappa shape index (κ1) is 12.5. The Balaban J connectivity index is 2.08. The Hall–Kier alpha value is -1.98.